The predicted molar refractivity (Wildman–Crippen MR) is 99.7 cm³/mol. The number of nitrogens with one attached hydrogen (secondary N) is 2. The fourth-order valence-electron chi connectivity index (χ4n) is 1.67. The van der Waals surface area contributed by atoms with Crippen LogP contribution in [0.3, 0.4) is 0 Å². The van der Waals surface area contributed by atoms with Crippen LogP contribution in [0.15, 0.2) is 27.8 Å². The molecule has 10 heteroatoms. The summed E-state index contributed by atoms with van der Waals surface area (Å²) < 4.78 is 2.38. The van der Waals surface area contributed by atoms with Gasteiger partial charge in [-0.2, -0.15) is 0 Å². The van der Waals surface area contributed by atoms with Crippen LogP contribution < -0.4 is 10.7 Å². The Balaban J connectivity index is 2.09. The van der Waals surface area contributed by atoms with Crippen molar-refractivity contribution in [1.82, 2.24) is 20.2 Å². The van der Waals surface area contributed by atoms with E-state index < -0.39 is 5.91 Å². The highest BCUT2D eigenvalue weighted by atomic mass is 79.9. The first kappa shape index (κ1) is 18.2. The second-order valence-corrected chi connectivity index (χ2v) is 7.28. The Hall–Kier alpha value is -1.16. The second kappa shape index (κ2) is 8.09. The van der Waals surface area contributed by atoms with Crippen LogP contribution >= 0.6 is 51.5 Å². The molecule has 0 aliphatic rings. The molecule has 6 nitrogen and oxygen atoms in total. The summed E-state index contributed by atoms with van der Waals surface area (Å²) in [6, 6.07) is 5.02. The third kappa shape index (κ3) is 4.66. The summed E-state index contributed by atoms with van der Waals surface area (Å²) in [5.41, 5.74) is 3.22. The van der Waals surface area contributed by atoms with E-state index in [1.165, 1.54) is 11.8 Å². The van der Waals surface area contributed by atoms with Gasteiger partial charge in [0.05, 0.1) is 10.6 Å². The van der Waals surface area contributed by atoms with Crippen LogP contribution in [0.1, 0.15) is 23.1 Å². The normalized spacial score (nSPS) is 10.4. The summed E-state index contributed by atoms with van der Waals surface area (Å²) in [7, 11) is 0. The minimum atomic E-state index is -0.399. The molecular formula is C13H13BrClN5OS2. The highest BCUT2D eigenvalue weighted by Crippen LogP contribution is 2.21. The summed E-state index contributed by atoms with van der Waals surface area (Å²) in [4.78, 5) is 12.3. The van der Waals surface area contributed by atoms with E-state index >= 15 is 0 Å². The number of thioether (sulfide) groups is 1. The van der Waals surface area contributed by atoms with E-state index in [0.717, 1.165) is 10.2 Å². The number of hydrogen-bond donors (Lipinski definition) is 2. The highest BCUT2D eigenvalue weighted by Gasteiger charge is 2.14. The van der Waals surface area contributed by atoms with Crippen molar-refractivity contribution in [3.05, 3.63) is 39.1 Å². The fraction of sp³-hybridized carbons (Fsp3) is 0.231. The van der Waals surface area contributed by atoms with Gasteiger partial charge in [0.2, 0.25) is 5.16 Å². The van der Waals surface area contributed by atoms with Crippen LogP contribution in [0.4, 0.5) is 0 Å². The number of aromatic nitrogens is 3. The number of thiocarbonyl (C=S) groups is 1. The van der Waals surface area contributed by atoms with Gasteiger partial charge in [-0.3, -0.25) is 15.5 Å². The van der Waals surface area contributed by atoms with Crippen molar-refractivity contribution in [3.63, 3.8) is 0 Å². The molecule has 0 aliphatic carbocycles. The molecule has 1 aromatic carbocycles. The van der Waals surface area contributed by atoms with E-state index in [4.69, 9.17) is 23.8 Å². The number of rotatable bonds is 4. The van der Waals surface area contributed by atoms with E-state index in [1.54, 1.807) is 29.8 Å². The number of amides is 1. The number of halogens is 2. The van der Waals surface area contributed by atoms with E-state index in [2.05, 4.69) is 36.9 Å². The second-order valence-electron chi connectivity index (χ2n) is 4.32. The van der Waals surface area contributed by atoms with Gasteiger partial charge in [0.15, 0.2) is 5.11 Å². The average Bonchev–Trinajstić information content (AvgIpc) is 2.83. The first-order valence-electron chi connectivity index (χ1n) is 6.54. The quantitative estimate of drug-likeness (QED) is 0.568. The van der Waals surface area contributed by atoms with Crippen LogP contribution in [-0.2, 0) is 0 Å². The molecule has 0 aliphatic heterocycles. The number of carbonyl (C=O) groups excluding carboxylic acids is 1. The predicted octanol–water partition coefficient (Wildman–Crippen LogP) is 3.37. The zero-order valence-electron chi connectivity index (χ0n) is 12.3. The molecule has 0 saturated heterocycles. The smallest absolute Gasteiger partial charge is 0.259 e. The van der Waals surface area contributed by atoms with Gasteiger partial charge in [-0.25, -0.2) is 4.68 Å². The van der Waals surface area contributed by atoms with Gasteiger partial charge in [-0.15, -0.1) is 10.2 Å². The lowest BCUT2D eigenvalue weighted by Gasteiger charge is -2.13. The Labute approximate surface area is 156 Å². The maximum Gasteiger partial charge on any atom is 0.259 e. The summed E-state index contributed by atoms with van der Waals surface area (Å²) in [5, 5.41) is 11.7. The molecule has 0 saturated carbocycles. The summed E-state index contributed by atoms with van der Waals surface area (Å²) in [6.07, 6.45) is 0. The summed E-state index contributed by atoms with van der Waals surface area (Å²) >= 11 is 16.0. The van der Waals surface area contributed by atoms with Crippen molar-refractivity contribution in [2.24, 2.45) is 0 Å². The van der Waals surface area contributed by atoms with Crippen molar-refractivity contribution in [2.75, 3.05) is 11.2 Å². The van der Waals surface area contributed by atoms with Gasteiger partial charge < -0.3 is 0 Å². The molecule has 2 N–H and O–H groups in total. The zero-order chi connectivity index (χ0) is 17.0. The van der Waals surface area contributed by atoms with E-state index in [9.17, 15) is 4.79 Å². The van der Waals surface area contributed by atoms with E-state index in [-0.39, 0.29) is 5.11 Å². The van der Waals surface area contributed by atoms with Gasteiger partial charge in [-0.1, -0.05) is 46.2 Å². The van der Waals surface area contributed by atoms with Gasteiger partial charge in [0.1, 0.15) is 5.82 Å². The third-order valence-electron chi connectivity index (χ3n) is 2.68. The molecule has 0 spiro atoms. The molecule has 1 amide bonds. The summed E-state index contributed by atoms with van der Waals surface area (Å²) in [6.45, 7) is 3.80. The molecule has 122 valence electrons. The maximum absolute atomic E-state index is 12.3. The Bertz CT molecular complexity index is 752. The molecule has 1 aromatic heterocycles. The van der Waals surface area contributed by atoms with E-state index in [0.29, 0.717) is 21.6 Å². The largest absolute Gasteiger partial charge is 0.298 e. The van der Waals surface area contributed by atoms with Crippen molar-refractivity contribution >= 4 is 62.5 Å². The molecule has 1 heterocycles. The lowest BCUT2D eigenvalue weighted by Crippen LogP contribution is -2.38. The topological polar surface area (TPSA) is 71.8 Å². The van der Waals surface area contributed by atoms with Crippen LogP contribution in [-0.4, -0.2) is 31.6 Å². The molecule has 0 fully saturated rings. The highest BCUT2D eigenvalue weighted by molar-refractivity contribution is 9.10. The fourth-order valence-corrected chi connectivity index (χ4v) is 3.08. The number of nitrogens with zero attached hydrogens (tertiary/aromatic N) is 3. The molecule has 0 atom stereocenters. The molecule has 2 rings (SSSR count). The van der Waals surface area contributed by atoms with Crippen LogP contribution in [0, 0.1) is 6.92 Å². The molecule has 0 radical (unpaired) electrons. The standard InChI is InChI=1S/C13H13BrClN5OS2/c1-3-23-13-18-17-7(2)20(13)19-12(22)16-11(21)9-6-8(14)4-5-10(9)15/h4-6H,3H2,1-2H3,(H2,16,19,21,22). The molecule has 23 heavy (non-hydrogen) atoms. The Kier molecular flexibility index (Phi) is 6.40. The monoisotopic (exact) mass is 433 g/mol. The number of carbonyl (C=O) groups is 1. The third-order valence-corrected chi connectivity index (χ3v) is 4.51. The molecule has 2 aromatic rings. The zero-order valence-corrected chi connectivity index (χ0v) is 16.2. The average molecular weight is 435 g/mol. The van der Waals surface area contributed by atoms with Crippen LogP contribution in [0.2, 0.25) is 5.02 Å². The molecule has 0 bridgehead atoms. The first-order valence-corrected chi connectivity index (χ1v) is 9.11. The van der Waals surface area contributed by atoms with E-state index in [1.807, 2.05) is 6.92 Å². The van der Waals surface area contributed by atoms with Crippen molar-refractivity contribution in [1.29, 1.82) is 0 Å². The molecule has 0 unspecified atom stereocenters. The van der Waals surface area contributed by atoms with Gasteiger partial charge in [-0.05, 0) is 43.1 Å². The number of benzene rings is 1. The number of hydrogen-bond acceptors (Lipinski definition) is 5. The Morgan fingerprint density at radius 3 is 2.91 bits per heavy atom. The summed E-state index contributed by atoms with van der Waals surface area (Å²) in [5.74, 6) is 1.08. The lowest BCUT2D eigenvalue weighted by atomic mass is 10.2. The van der Waals surface area contributed by atoms with Gasteiger partial charge in [0.25, 0.3) is 5.91 Å². The minimum Gasteiger partial charge on any atom is -0.298 e. The number of aryl methyl sites for hydroxylation is 1. The van der Waals surface area contributed by atoms with Crippen molar-refractivity contribution in [2.45, 2.75) is 19.0 Å². The SMILES string of the molecule is CCSc1nnc(C)n1NC(=S)NC(=O)c1cc(Br)ccc1Cl. The minimum absolute atomic E-state index is 0.131. The Morgan fingerprint density at radius 2 is 2.22 bits per heavy atom. The van der Waals surface area contributed by atoms with Crippen LogP contribution in [0.5, 0.6) is 0 Å². The molecular weight excluding hydrogens is 422 g/mol. The first-order chi connectivity index (χ1) is 10.9. The van der Waals surface area contributed by atoms with Gasteiger partial charge in [0, 0.05) is 4.47 Å². The van der Waals surface area contributed by atoms with Crippen molar-refractivity contribution in [3.8, 4) is 0 Å². The maximum atomic E-state index is 12.3. The van der Waals surface area contributed by atoms with Crippen molar-refractivity contribution < 1.29 is 4.79 Å². The Morgan fingerprint density at radius 1 is 1.48 bits per heavy atom. The van der Waals surface area contributed by atoms with Gasteiger partial charge >= 0.3 is 0 Å². The lowest BCUT2D eigenvalue weighted by molar-refractivity contribution is 0.0977. The van der Waals surface area contributed by atoms with Crippen LogP contribution in [0.25, 0.3) is 0 Å².